The molecule has 26 heavy (non-hydrogen) atoms. The maximum atomic E-state index is 12.4. The van der Waals surface area contributed by atoms with E-state index in [1.807, 2.05) is 50.2 Å². The summed E-state index contributed by atoms with van der Waals surface area (Å²) in [6.07, 6.45) is 0.103. The molecule has 0 spiro atoms. The van der Waals surface area contributed by atoms with Gasteiger partial charge in [0.1, 0.15) is 0 Å². The van der Waals surface area contributed by atoms with Crippen LogP contribution in [-0.2, 0) is 14.8 Å². The van der Waals surface area contributed by atoms with Crippen LogP contribution in [-0.4, -0.2) is 27.4 Å². The van der Waals surface area contributed by atoms with E-state index in [1.54, 1.807) is 19.1 Å². The predicted molar refractivity (Wildman–Crippen MR) is 104 cm³/mol. The quantitative estimate of drug-likeness (QED) is 0.746. The molecule has 1 unspecified atom stereocenters. The van der Waals surface area contributed by atoms with Gasteiger partial charge in [0, 0.05) is 19.5 Å². The van der Waals surface area contributed by atoms with E-state index in [4.69, 9.17) is 0 Å². The minimum atomic E-state index is -3.61. The maximum absolute atomic E-state index is 12.4. The Morgan fingerprint density at radius 1 is 1.08 bits per heavy atom. The molecule has 2 N–H and O–H groups in total. The first-order valence-corrected chi connectivity index (χ1v) is 10.2. The second-order valence-corrected chi connectivity index (χ2v) is 8.27. The summed E-state index contributed by atoms with van der Waals surface area (Å²) in [5.41, 5.74) is 2.86. The van der Waals surface area contributed by atoms with Gasteiger partial charge < -0.3 is 5.32 Å². The summed E-state index contributed by atoms with van der Waals surface area (Å²) in [4.78, 5) is 12.2. The van der Waals surface area contributed by atoms with Crippen molar-refractivity contribution in [2.45, 2.75) is 38.0 Å². The number of benzene rings is 2. The molecular weight excluding hydrogens is 348 g/mol. The van der Waals surface area contributed by atoms with Crippen LogP contribution in [0.25, 0.3) is 0 Å². The van der Waals surface area contributed by atoms with Gasteiger partial charge in [-0.3, -0.25) is 4.79 Å². The molecule has 2 aromatic carbocycles. The summed E-state index contributed by atoms with van der Waals surface area (Å²) in [6.45, 7) is 6.31. The lowest BCUT2D eigenvalue weighted by Gasteiger charge is -2.13. The molecule has 0 aliphatic carbocycles. The van der Waals surface area contributed by atoms with Crippen LogP contribution in [0.4, 0.5) is 0 Å². The number of rotatable bonds is 8. The first-order valence-electron chi connectivity index (χ1n) is 8.68. The van der Waals surface area contributed by atoms with Crippen molar-refractivity contribution < 1.29 is 13.2 Å². The van der Waals surface area contributed by atoms with Gasteiger partial charge in [-0.2, -0.15) is 0 Å². The fraction of sp³-hybridized carbons (Fsp3) is 0.350. The van der Waals surface area contributed by atoms with E-state index >= 15 is 0 Å². The molecule has 0 heterocycles. The SMILES string of the molecule is Cc1ccc(S(=O)(=O)NCCC(=O)NCC(C)c2ccccc2)c(C)c1. The van der Waals surface area contributed by atoms with Crippen molar-refractivity contribution in [3.63, 3.8) is 0 Å². The van der Waals surface area contributed by atoms with E-state index in [2.05, 4.69) is 10.0 Å². The van der Waals surface area contributed by atoms with Crippen LogP contribution in [0, 0.1) is 13.8 Å². The predicted octanol–water partition coefficient (Wildman–Crippen LogP) is 2.89. The van der Waals surface area contributed by atoms with E-state index in [0.29, 0.717) is 12.1 Å². The number of carbonyl (C=O) groups excluding carboxylic acids is 1. The first-order chi connectivity index (χ1) is 12.3. The summed E-state index contributed by atoms with van der Waals surface area (Å²) in [5, 5.41) is 2.85. The number of nitrogens with one attached hydrogen (secondary N) is 2. The fourth-order valence-corrected chi connectivity index (χ4v) is 3.99. The molecule has 0 fully saturated rings. The van der Waals surface area contributed by atoms with Gasteiger partial charge >= 0.3 is 0 Å². The molecule has 2 rings (SSSR count). The van der Waals surface area contributed by atoms with Crippen molar-refractivity contribution in [2.75, 3.05) is 13.1 Å². The van der Waals surface area contributed by atoms with Gasteiger partial charge in [0.2, 0.25) is 15.9 Å². The van der Waals surface area contributed by atoms with Crippen LogP contribution in [0.2, 0.25) is 0 Å². The third kappa shape index (κ3) is 5.68. The molecule has 0 radical (unpaired) electrons. The summed E-state index contributed by atoms with van der Waals surface area (Å²) in [7, 11) is -3.61. The Balaban J connectivity index is 1.80. The largest absolute Gasteiger partial charge is 0.355 e. The summed E-state index contributed by atoms with van der Waals surface area (Å²) < 4.78 is 27.2. The zero-order valence-electron chi connectivity index (χ0n) is 15.5. The Kier molecular flexibility index (Phi) is 6.94. The molecule has 6 heteroatoms. The summed E-state index contributed by atoms with van der Waals surface area (Å²) in [6, 6.07) is 15.1. The molecule has 0 aliphatic heterocycles. The lowest BCUT2D eigenvalue weighted by Crippen LogP contribution is -2.32. The highest BCUT2D eigenvalue weighted by Crippen LogP contribution is 2.16. The van der Waals surface area contributed by atoms with Gasteiger partial charge in [-0.15, -0.1) is 0 Å². The van der Waals surface area contributed by atoms with Crippen molar-refractivity contribution in [3.05, 3.63) is 65.2 Å². The van der Waals surface area contributed by atoms with E-state index in [0.717, 1.165) is 11.1 Å². The maximum Gasteiger partial charge on any atom is 0.240 e. The zero-order chi connectivity index (χ0) is 19.2. The number of hydrogen-bond donors (Lipinski definition) is 2. The Hall–Kier alpha value is -2.18. The average molecular weight is 375 g/mol. The molecule has 0 aliphatic rings. The molecule has 0 aromatic heterocycles. The van der Waals surface area contributed by atoms with Gasteiger partial charge in [-0.05, 0) is 37.0 Å². The molecular formula is C20H26N2O3S. The zero-order valence-corrected chi connectivity index (χ0v) is 16.3. The van der Waals surface area contributed by atoms with Crippen LogP contribution >= 0.6 is 0 Å². The number of amides is 1. The number of sulfonamides is 1. The minimum Gasteiger partial charge on any atom is -0.355 e. The van der Waals surface area contributed by atoms with Crippen molar-refractivity contribution in [1.29, 1.82) is 0 Å². The highest BCUT2D eigenvalue weighted by molar-refractivity contribution is 7.89. The number of carbonyl (C=O) groups is 1. The summed E-state index contributed by atoms with van der Waals surface area (Å²) >= 11 is 0. The highest BCUT2D eigenvalue weighted by atomic mass is 32.2. The molecule has 0 bridgehead atoms. The van der Waals surface area contributed by atoms with Crippen LogP contribution in [0.3, 0.4) is 0 Å². The number of aryl methyl sites for hydroxylation is 2. The molecule has 0 saturated heterocycles. The lowest BCUT2D eigenvalue weighted by atomic mass is 10.0. The minimum absolute atomic E-state index is 0.0706. The highest BCUT2D eigenvalue weighted by Gasteiger charge is 2.17. The lowest BCUT2D eigenvalue weighted by molar-refractivity contribution is -0.120. The average Bonchev–Trinajstić information content (AvgIpc) is 2.60. The van der Waals surface area contributed by atoms with Crippen molar-refractivity contribution in [3.8, 4) is 0 Å². The fourth-order valence-electron chi connectivity index (χ4n) is 2.73. The van der Waals surface area contributed by atoms with Crippen LogP contribution < -0.4 is 10.0 Å². The summed E-state index contributed by atoms with van der Waals surface area (Å²) in [5.74, 6) is 0.0307. The smallest absolute Gasteiger partial charge is 0.240 e. The second kappa shape index (κ2) is 8.96. The molecule has 1 atom stereocenters. The molecule has 1 amide bonds. The van der Waals surface area contributed by atoms with Crippen molar-refractivity contribution >= 4 is 15.9 Å². The second-order valence-electron chi connectivity index (χ2n) is 6.53. The third-order valence-corrected chi connectivity index (χ3v) is 5.86. The van der Waals surface area contributed by atoms with E-state index < -0.39 is 10.0 Å². The van der Waals surface area contributed by atoms with Crippen LogP contribution in [0.15, 0.2) is 53.4 Å². The van der Waals surface area contributed by atoms with Gasteiger partial charge in [-0.1, -0.05) is 55.0 Å². The normalized spacial score (nSPS) is 12.6. The van der Waals surface area contributed by atoms with Gasteiger partial charge in [0.05, 0.1) is 4.90 Å². The van der Waals surface area contributed by atoms with Crippen molar-refractivity contribution in [2.24, 2.45) is 0 Å². The van der Waals surface area contributed by atoms with Crippen molar-refractivity contribution in [1.82, 2.24) is 10.0 Å². The van der Waals surface area contributed by atoms with Crippen LogP contribution in [0.1, 0.15) is 36.0 Å². The van der Waals surface area contributed by atoms with Gasteiger partial charge in [0.15, 0.2) is 0 Å². The molecule has 2 aromatic rings. The Morgan fingerprint density at radius 2 is 1.77 bits per heavy atom. The van der Waals surface area contributed by atoms with E-state index in [-0.39, 0.29) is 29.7 Å². The Labute approximate surface area is 155 Å². The van der Waals surface area contributed by atoms with Gasteiger partial charge in [0.25, 0.3) is 0 Å². The molecule has 140 valence electrons. The van der Waals surface area contributed by atoms with E-state index in [9.17, 15) is 13.2 Å². The van der Waals surface area contributed by atoms with E-state index in [1.165, 1.54) is 0 Å². The topological polar surface area (TPSA) is 75.3 Å². The Bertz CT molecular complexity index is 849. The van der Waals surface area contributed by atoms with Gasteiger partial charge in [-0.25, -0.2) is 13.1 Å². The number of hydrogen-bond acceptors (Lipinski definition) is 3. The Morgan fingerprint density at radius 3 is 2.42 bits per heavy atom. The first kappa shape index (κ1) is 20.1. The third-order valence-electron chi connectivity index (χ3n) is 4.24. The monoisotopic (exact) mass is 374 g/mol. The standard InChI is InChI=1S/C20H26N2O3S/c1-15-9-10-19(16(2)13-15)26(24,25)22-12-11-20(23)21-14-17(3)18-7-5-4-6-8-18/h4-10,13,17,22H,11-12,14H2,1-3H3,(H,21,23). The molecule has 5 nitrogen and oxygen atoms in total. The van der Waals surface area contributed by atoms with Crippen LogP contribution in [0.5, 0.6) is 0 Å². The molecule has 0 saturated carbocycles.